The molecule has 1 aliphatic carbocycles. The van der Waals surface area contributed by atoms with Crippen LogP contribution in [0, 0.1) is 11.2 Å². The van der Waals surface area contributed by atoms with Crippen LogP contribution in [-0.4, -0.2) is 23.7 Å². The number of benzene rings is 1. The van der Waals surface area contributed by atoms with E-state index in [0.29, 0.717) is 12.8 Å². The maximum absolute atomic E-state index is 12.8. The summed E-state index contributed by atoms with van der Waals surface area (Å²) in [5.74, 6) is -0.260. The Morgan fingerprint density at radius 1 is 1.45 bits per heavy atom. The lowest BCUT2D eigenvalue weighted by atomic mass is 9.85. The van der Waals surface area contributed by atoms with Gasteiger partial charge in [0.15, 0.2) is 0 Å². The summed E-state index contributed by atoms with van der Waals surface area (Å²) in [6.07, 6.45) is 3.92. The highest BCUT2D eigenvalue weighted by molar-refractivity contribution is 5.76. The fourth-order valence-corrected chi connectivity index (χ4v) is 2.84. The minimum Gasteiger partial charge on any atom is -0.396 e. The van der Waals surface area contributed by atoms with E-state index in [-0.39, 0.29) is 29.8 Å². The quantitative estimate of drug-likeness (QED) is 0.869. The van der Waals surface area contributed by atoms with E-state index in [9.17, 15) is 14.3 Å². The van der Waals surface area contributed by atoms with Crippen molar-refractivity contribution < 1.29 is 14.3 Å². The molecule has 0 aromatic heterocycles. The molecule has 0 radical (unpaired) electrons. The molecule has 0 aliphatic heterocycles. The molecule has 0 spiro atoms. The summed E-state index contributed by atoms with van der Waals surface area (Å²) < 4.78 is 12.8. The number of aliphatic hydroxyl groups is 1. The van der Waals surface area contributed by atoms with Crippen LogP contribution in [0.1, 0.15) is 38.2 Å². The first kappa shape index (κ1) is 15.0. The van der Waals surface area contributed by atoms with Crippen LogP contribution in [0.25, 0.3) is 0 Å². The van der Waals surface area contributed by atoms with Gasteiger partial charge in [-0.25, -0.2) is 4.39 Å². The number of halogens is 1. The zero-order chi connectivity index (χ0) is 14.6. The van der Waals surface area contributed by atoms with E-state index in [1.807, 2.05) is 6.92 Å². The van der Waals surface area contributed by atoms with Crippen molar-refractivity contribution >= 4 is 5.91 Å². The van der Waals surface area contributed by atoms with Crippen molar-refractivity contribution in [3.05, 3.63) is 35.6 Å². The molecule has 4 heteroatoms. The lowest BCUT2D eigenvalue weighted by molar-refractivity contribution is -0.122. The molecule has 2 atom stereocenters. The first-order valence-electron chi connectivity index (χ1n) is 7.18. The van der Waals surface area contributed by atoms with Crippen LogP contribution >= 0.6 is 0 Å². The average molecular weight is 279 g/mol. The molecule has 3 nitrogen and oxygen atoms in total. The highest BCUT2D eigenvalue weighted by atomic mass is 19.1. The highest BCUT2D eigenvalue weighted by Gasteiger charge is 2.38. The number of hydrogen-bond acceptors (Lipinski definition) is 2. The second-order valence-electron chi connectivity index (χ2n) is 5.95. The van der Waals surface area contributed by atoms with Crippen LogP contribution < -0.4 is 5.32 Å². The smallest absolute Gasteiger partial charge is 0.220 e. The highest BCUT2D eigenvalue weighted by Crippen LogP contribution is 2.37. The molecule has 0 heterocycles. The first-order valence-corrected chi connectivity index (χ1v) is 7.18. The number of carbonyl (C=O) groups is 1. The van der Waals surface area contributed by atoms with Gasteiger partial charge >= 0.3 is 0 Å². The fraction of sp³-hybridized carbons (Fsp3) is 0.562. The number of rotatable bonds is 5. The zero-order valence-electron chi connectivity index (χ0n) is 11.9. The molecule has 2 unspecified atom stereocenters. The predicted octanol–water partition coefficient (Wildman–Crippen LogP) is 2.43. The third-order valence-corrected chi connectivity index (χ3v) is 4.33. The molecule has 1 aromatic rings. The second-order valence-corrected chi connectivity index (χ2v) is 5.95. The van der Waals surface area contributed by atoms with Gasteiger partial charge in [0.25, 0.3) is 0 Å². The van der Waals surface area contributed by atoms with E-state index in [4.69, 9.17) is 0 Å². The molecule has 1 amide bonds. The SMILES string of the molecule is CC1(CO)CCCC1NC(=O)CCc1ccc(F)cc1. The van der Waals surface area contributed by atoms with E-state index >= 15 is 0 Å². The van der Waals surface area contributed by atoms with Gasteiger partial charge in [0.1, 0.15) is 5.82 Å². The summed E-state index contributed by atoms with van der Waals surface area (Å²) in [7, 11) is 0. The van der Waals surface area contributed by atoms with Crippen LogP contribution in [0.5, 0.6) is 0 Å². The van der Waals surface area contributed by atoms with Gasteiger partial charge in [0, 0.05) is 17.9 Å². The lowest BCUT2D eigenvalue weighted by Gasteiger charge is -2.30. The normalized spacial score (nSPS) is 25.6. The predicted molar refractivity (Wildman–Crippen MR) is 75.7 cm³/mol. The van der Waals surface area contributed by atoms with Crippen LogP contribution in [0.15, 0.2) is 24.3 Å². The molecule has 0 saturated heterocycles. The molecule has 1 saturated carbocycles. The molecule has 0 bridgehead atoms. The van der Waals surface area contributed by atoms with Crippen molar-refractivity contribution in [3.8, 4) is 0 Å². The van der Waals surface area contributed by atoms with Crippen LogP contribution in [-0.2, 0) is 11.2 Å². The van der Waals surface area contributed by atoms with Crippen molar-refractivity contribution in [1.82, 2.24) is 5.32 Å². The lowest BCUT2D eigenvalue weighted by Crippen LogP contribution is -2.44. The third-order valence-electron chi connectivity index (χ3n) is 4.33. The molecule has 110 valence electrons. The molecular weight excluding hydrogens is 257 g/mol. The van der Waals surface area contributed by atoms with Crippen molar-refractivity contribution in [1.29, 1.82) is 0 Å². The first-order chi connectivity index (χ1) is 9.53. The second kappa shape index (κ2) is 6.35. The van der Waals surface area contributed by atoms with Gasteiger partial charge in [-0.3, -0.25) is 4.79 Å². The summed E-state index contributed by atoms with van der Waals surface area (Å²) in [6, 6.07) is 6.29. The van der Waals surface area contributed by atoms with Crippen LogP contribution in [0.2, 0.25) is 0 Å². The standard InChI is InChI=1S/C16H22FNO2/c1-16(11-19)10-2-3-14(16)18-15(20)9-6-12-4-7-13(17)8-5-12/h4-5,7-8,14,19H,2-3,6,9-11H2,1H3,(H,18,20). The van der Waals surface area contributed by atoms with E-state index in [0.717, 1.165) is 24.8 Å². The summed E-state index contributed by atoms with van der Waals surface area (Å²) in [5.41, 5.74) is 0.767. The molecule has 2 rings (SSSR count). The van der Waals surface area contributed by atoms with Gasteiger partial charge in [-0.1, -0.05) is 25.5 Å². The van der Waals surface area contributed by atoms with Gasteiger partial charge in [0.2, 0.25) is 5.91 Å². The summed E-state index contributed by atoms with van der Waals surface area (Å²) in [4.78, 5) is 12.0. The van der Waals surface area contributed by atoms with Gasteiger partial charge in [-0.2, -0.15) is 0 Å². The van der Waals surface area contributed by atoms with Gasteiger partial charge in [0.05, 0.1) is 6.61 Å². The number of hydrogen-bond donors (Lipinski definition) is 2. The Labute approximate surface area is 119 Å². The number of amides is 1. The fourth-order valence-electron chi connectivity index (χ4n) is 2.84. The Hall–Kier alpha value is -1.42. The Kier molecular flexibility index (Phi) is 4.76. The molecular formula is C16H22FNO2. The maximum atomic E-state index is 12.8. The monoisotopic (exact) mass is 279 g/mol. The Bertz CT molecular complexity index is 460. The van der Waals surface area contributed by atoms with Gasteiger partial charge in [-0.15, -0.1) is 0 Å². The molecule has 2 N–H and O–H groups in total. The third kappa shape index (κ3) is 3.57. The number of aliphatic hydroxyl groups excluding tert-OH is 1. The van der Waals surface area contributed by atoms with Crippen molar-refractivity contribution in [3.63, 3.8) is 0 Å². The molecule has 1 aromatic carbocycles. The Morgan fingerprint density at radius 3 is 2.80 bits per heavy atom. The Balaban J connectivity index is 1.82. The average Bonchev–Trinajstić information content (AvgIpc) is 2.80. The van der Waals surface area contributed by atoms with E-state index < -0.39 is 0 Å². The summed E-state index contributed by atoms with van der Waals surface area (Å²) in [6.45, 7) is 2.13. The van der Waals surface area contributed by atoms with Crippen molar-refractivity contribution in [2.75, 3.05) is 6.61 Å². The zero-order valence-corrected chi connectivity index (χ0v) is 11.9. The number of nitrogens with one attached hydrogen (secondary N) is 1. The summed E-state index contributed by atoms with van der Waals surface area (Å²) >= 11 is 0. The van der Waals surface area contributed by atoms with Gasteiger partial charge < -0.3 is 10.4 Å². The van der Waals surface area contributed by atoms with Crippen LogP contribution in [0.4, 0.5) is 4.39 Å². The van der Waals surface area contributed by atoms with E-state index in [2.05, 4.69) is 5.32 Å². The largest absolute Gasteiger partial charge is 0.396 e. The molecule has 1 fully saturated rings. The van der Waals surface area contributed by atoms with Crippen LogP contribution in [0.3, 0.4) is 0 Å². The Morgan fingerprint density at radius 2 is 2.15 bits per heavy atom. The molecule has 20 heavy (non-hydrogen) atoms. The van der Waals surface area contributed by atoms with Gasteiger partial charge in [-0.05, 0) is 37.0 Å². The van der Waals surface area contributed by atoms with E-state index in [1.165, 1.54) is 12.1 Å². The van der Waals surface area contributed by atoms with E-state index in [1.54, 1.807) is 12.1 Å². The van der Waals surface area contributed by atoms with Crippen molar-refractivity contribution in [2.24, 2.45) is 5.41 Å². The molecule has 1 aliphatic rings. The topological polar surface area (TPSA) is 49.3 Å². The maximum Gasteiger partial charge on any atom is 0.220 e. The summed E-state index contributed by atoms with van der Waals surface area (Å²) in [5, 5.41) is 12.5. The minimum absolute atomic E-state index is 0.000833. The number of aryl methyl sites for hydroxylation is 1. The van der Waals surface area contributed by atoms with Crippen molar-refractivity contribution in [2.45, 2.75) is 45.1 Å². The minimum atomic E-state index is -0.261. The number of carbonyl (C=O) groups excluding carboxylic acids is 1.